The smallest absolute Gasteiger partial charge is 0.256 e. The van der Waals surface area contributed by atoms with Gasteiger partial charge in [0.1, 0.15) is 0 Å². The summed E-state index contributed by atoms with van der Waals surface area (Å²) in [4.78, 5) is 38.4. The quantitative estimate of drug-likeness (QED) is 0.631. The van der Waals surface area contributed by atoms with Gasteiger partial charge >= 0.3 is 0 Å². The van der Waals surface area contributed by atoms with Gasteiger partial charge in [0.15, 0.2) is 5.78 Å². The number of ketones is 1. The molecule has 7 rings (SSSR count). The second kappa shape index (κ2) is 8.60. The largest absolute Gasteiger partial charge is 0.330 e. The summed E-state index contributed by atoms with van der Waals surface area (Å²) in [6.45, 7) is 3.98. The van der Waals surface area contributed by atoms with Crippen LogP contribution in [0.4, 0.5) is 0 Å². The summed E-state index contributed by atoms with van der Waals surface area (Å²) in [5.74, 6) is 0.422. The molecule has 3 saturated heterocycles. The van der Waals surface area contributed by atoms with Gasteiger partial charge in [-0.15, -0.1) is 0 Å². The molecular formula is C31H36N4O2. The number of likely N-dealkylation sites (N-methyl/N-ethyl adjacent to an activating group) is 1. The number of aryl methyl sites for hydroxylation is 1. The van der Waals surface area contributed by atoms with Crippen LogP contribution in [0, 0.1) is 0 Å². The van der Waals surface area contributed by atoms with Gasteiger partial charge in [-0.05, 0) is 94.5 Å². The lowest BCUT2D eigenvalue weighted by Crippen LogP contribution is -2.54. The molecule has 0 radical (unpaired) electrons. The van der Waals surface area contributed by atoms with E-state index in [1.807, 2.05) is 0 Å². The van der Waals surface area contributed by atoms with Crippen LogP contribution < -0.4 is 0 Å². The van der Waals surface area contributed by atoms with Crippen molar-refractivity contribution in [3.05, 3.63) is 70.0 Å². The Morgan fingerprint density at radius 1 is 1.00 bits per heavy atom. The van der Waals surface area contributed by atoms with Crippen LogP contribution >= 0.6 is 0 Å². The Bertz CT molecular complexity index is 1310. The van der Waals surface area contributed by atoms with Crippen molar-refractivity contribution in [3.8, 4) is 0 Å². The summed E-state index contributed by atoms with van der Waals surface area (Å²) in [7, 11) is 4.33. The van der Waals surface area contributed by atoms with E-state index in [9.17, 15) is 9.59 Å². The van der Waals surface area contributed by atoms with Crippen molar-refractivity contribution in [3.63, 3.8) is 0 Å². The van der Waals surface area contributed by atoms with Crippen LogP contribution in [0.25, 0.3) is 5.57 Å². The third kappa shape index (κ3) is 3.71. The molecule has 2 atom stereocenters. The third-order valence-corrected chi connectivity index (χ3v) is 9.78. The molecule has 1 aromatic heterocycles. The zero-order chi connectivity index (χ0) is 25.3. The van der Waals surface area contributed by atoms with E-state index in [0.717, 1.165) is 92.7 Å². The summed E-state index contributed by atoms with van der Waals surface area (Å²) >= 11 is 0. The Morgan fingerprint density at radius 2 is 1.76 bits per heavy atom. The first kappa shape index (κ1) is 23.3. The number of pyridine rings is 1. The highest BCUT2D eigenvalue weighted by atomic mass is 16.2. The predicted octanol–water partition coefficient (Wildman–Crippen LogP) is 3.93. The molecule has 192 valence electrons. The fourth-order valence-corrected chi connectivity index (χ4v) is 7.76. The van der Waals surface area contributed by atoms with E-state index in [-0.39, 0.29) is 11.3 Å². The van der Waals surface area contributed by atoms with Crippen molar-refractivity contribution in [2.75, 3.05) is 40.3 Å². The van der Waals surface area contributed by atoms with Gasteiger partial charge in [-0.3, -0.25) is 14.6 Å². The number of piperazine rings is 1. The van der Waals surface area contributed by atoms with E-state index in [4.69, 9.17) is 4.98 Å². The predicted molar refractivity (Wildman–Crippen MR) is 144 cm³/mol. The fourth-order valence-electron chi connectivity index (χ4n) is 7.76. The minimum absolute atomic E-state index is 0.0241. The molecule has 3 fully saturated rings. The van der Waals surface area contributed by atoms with Gasteiger partial charge < -0.3 is 14.7 Å². The highest BCUT2D eigenvalue weighted by Gasteiger charge is 2.45. The summed E-state index contributed by atoms with van der Waals surface area (Å²) < 4.78 is 0. The lowest BCUT2D eigenvalue weighted by molar-refractivity contribution is 0.0472. The van der Waals surface area contributed by atoms with Crippen LogP contribution in [0.5, 0.6) is 0 Å². The number of amides is 1. The number of nitrogens with zero attached hydrogens (tertiary/aromatic N) is 4. The summed E-state index contributed by atoms with van der Waals surface area (Å²) in [5, 5.41) is 0. The molecule has 3 aliphatic heterocycles. The monoisotopic (exact) mass is 496 g/mol. The standard InChI is InChI=1S/C31H36N4O2/c1-33-12-10-31(11-13-33)16-29(36)25-9-6-20(15-27(25)31)24-4-3-5-28-26(24)14-21(17-32-28)30(37)35-22-7-8-23(35)19-34(2)18-22/h4,6,9,14-15,17,22-23H,3,5,7-8,10-13,16,18-19H2,1-2H3. The molecular weight excluding hydrogens is 460 g/mol. The molecule has 1 aromatic carbocycles. The zero-order valence-corrected chi connectivity index (χ0v) is 22.0. The minimum Gasteiger partial charge on any atom is -0.330 e. The Morgan fingerprint density at radius 3 is 2.51 bits per heavy atom. The van der Waals surface area contributed by atoms with E-state index in [1.165, 1.54) is 5.56 Å². The Kier molecular flexibility index (Phi) is 5.42. The van der Waals surface area contributed by atoms with Gasteiger partial charge in [0.2, 0.25) is 0 Å². The molecule has 1 amide bonds. The van der Waals surface area contributed by atoms with Gasteiger partial charge in [0.05, 0.1) is 5.56 Å². The van der Waals surface area contributed by atoms with Crippen LogP contribution in [-0.4, -0.2) is 83.7 Å². The SMILES string of the molecule is CN1CCC2(CC1)CC(=O)c1ccc(C3=CCCc4ncc(C(=O)N5C6CCC5CN(C)C6)cc43)cc12. The van der Waals surface area contributed by atoms with Crippen molar-refractivity contribution in [2.45, 2.75) is 62.4 Å². The number of Topliss-reactive ketones (excluding diaryl/α,β-unsaturated/α-hetero) is 1. The number of hydrogen-bond donors (Lipinski definition) is 0. The topological polar surface area (TPSA) is 56.8 Å². The summed E-state index contributed by atoms with van der Waals surface area (Å²) in [6.07, 6.45) is 10.8. The zero-order valence-electron chi connectivity index (χ0n) is 22.0. The molecule has 2 aliphatic carbocycles. The molecule has 1 spiro atoms. The molecule has 2 bridgehead atoms. The molecule has 2 aromatic rings. The molecule has 6 heteroatoms. The second-order valence-electron chi connectivity index (χ2n) is 12.1. The Labute approximate surface area is 219 Å². The van der Waals surface area contributed by atoms with Gasteiger partial charge in [-0.25, -0.2) is 0 Å². The number of piperidine rings is 1. The average molecular weight is 497 g/mol. The molecule has 6 nitrogen and oxygen atoms in total. The maximum Gasteiger partial charge on any atom is 0.256 e. The molecule has 2 unspecified atom stereocenters. The summed E-state index contributed by atoms with van der Waals surface area (Å²) in [6, 6.07) is 9.17. The van der Waals surface area contributed by atoms with Gasteiger partial charge in [0, 0.05) is 60.0 Å². The van der Waals surface area contributed by atoms with Crippen molar-refractivity contribution in [2.24, 2.45) is 0 Å². The number of carbonyl (C=O) groups is 2. The van der Waals surface area contributed by atoms with Crippen LogP contribution in [0.2, 0.25) is 0 Å². The number of fused-ring (bicyclic) bond motifs is 5. The van der Waals surface area contributed by atoms with E-state index >= 15 is 0 Å². The second-order valence-corrected chi connectivity index (χ2v) is 12.1. The van der Waals surface area contributed by atoms with Crippen LogP contribution in [0.15, 0.2) is 36.5 Å². The fraction of sp³-hybridized carbons (Fsp3) is 0.516. The Hall–Kier alpha value is -2.83. The Balaban J connectivity index is 1.24. The van der Waals surface area contributed by atoms with Gasteiger partial charge in [0.25, 0.3) is 5.91 Å². The normalized spacial score (nSPS) is 26.8. The number of hydrogen-bond acceptors (Lipinski definition) is 5. The van der Waals surface area contributed by atoms with Gasteiger partial charge in [-0.1, -0.05) is 18.2 Å². The number of rotatable bonds is 2. The third-order valence-electron chi connectivity index (χ3n) is 9.78. The van der Waals surface area contributed by atoms with Crippen LogP contribution in [-0.2, 0) is 11.8 Å². The number of benzene rings is 1. The molecule has 0 saturated carbocycles. The number of allylic oxidation sites excluding steroid dienone is 1. The van der Waals surface area contributed by atoms with E-state index in [2.05, 4.69) is 59.1 Å². The molecule has 0 N–H and O–H groups in total. The highest BCUT2D eigenvalue weighted by molar-refractivity contribution is 6.03. The lowest BCUT2D eigenvalue weighted by Gasteiger charge is -2.39. The first-order chi connectivity index (χ1) is 17.9. The van der Waals surface area contributed by atoms with E-state index < -0.39 is 0 Å². The highest BCUT2D eigenvalue weighted by Crippen LogP contribution is 2.47. The van der Waals surface area contributed by atoms with Crippen LogP contribution in [0.3, 0.4) is 0 Å². The summed E-state index contributed by atoms with van der Waals surface area (Å²) in [5.41, 5.74) is 7.30. The first-order valence-corrected chi connectivity index (χ1v) is 14.0. The number of likely N-dealkylation sites (tertiary alicyclic amines) is 2. The van der Waals surface area contributed by atoms with E-state index in [0.29, 0.717) is 29.9 Å². The van der Waals surface area contributed by atoms with Crippen LogP contribution in [0.1, 0.15) is 81.6 Å². The number of aromatic nitrogens is 1. The molecule has 5 aliphatic rings. The maximum absolute atomic E-state index is 13.7. The molecule has 37 heavy (non-hydrogen) atoms. The van der Waals surface area contributed by atoms with Crippen molar-refractivity contribution in [1.82, 2.24) is 19.7 Å². The van der Waals surface area contributed by atoms with Crippen molar-refractivity contribution < 1.29 is 9.59 Å². The minimum atomic E-state index is -0.0241. The molecule has 4 heterocycles. The van der Waals surface area contributed by atoms with Crippen molar-refractivity contribution >= 4 is 17.3 Å². The van der Waals surface area contributed by atoms with E-state index in [1.54, 1.807) is 6.20 Å². The first-order valence-electron chi connectivity index (χ1n) is 14.0. The maximum atomic E-state index is 13.7. The number of carbonyl (C=O) groups excluding carboxylic acids is 2. The average Bonchev–Trinajstić information content (AvgIpc) is 3.34. The van der Waals surface area contributed by atoms with Gasteiger partial charge in [-0.2, -0.15) is 0 Å². The van der Waals surface area contributed by atoms with Crippen molar-refractivity contribution in [1.29, 1.82) is 0 Å². The lowest BCUT2D eigenvalue weighted by atomic mass is 9.73.